The Morgan fingerprint density at radius 2 is 2.10 bits per heavy atom. The lowest BCUT2D eigenvalue weighted by Crippen LogP contribution is -2.32. The van der Waals surface area contributed by atoms with Gasteiger partial charge in [-0.05, 0) is 34.5 Å². The zero-order chi connectivity index (χ0) is 15.1. The average Bonchev–Trinajstić information content (AvgIpc) is 2.83. The molecule has 1 aromatic rings. The molecule has 0 spiro atoms. The molecule has 0 aromatic heterocycles. The lowest BCUT2D eigenvalue weighted by molar-refractivity contribution is -0.121. The van der Waals surface area contributed by atoms with Gasteiger partial charge in [-0.1, -0.05) is 11.6 Å². The van der Waals surface area contributed by atoms with Crippen molar-refractivity contribution in [1.82, 2.24) is 4.31 Å². The number of amides is 1. The maximum Gasteiger partial charge on any atom is 0.244 e. The molecule has 20 heavy (non-hydrogen) atoms. The molecular formula is C11H13BrClN3O3S. The van der Waals surface area contributed by atoms with Gasteiger partial charge < -0.3 is 11.5 Å². The van der Waals surface area contributed by atoms with Gasteiger partial charge >= 0.3 is 0 Å². The lowest BCUT2D eigenvalue weighted by Gasteiger charge is -2.18. The zero-order valence-corrected chi connectivity index (χ0v) is 13.5. The van der Waals surface area contributed by atoms with E-state index in [1.54, 1.807) is 0 Å². The highest BCUT2D eigenvalue weighted by Crippen LogP contribution is 2.34. The van der Waals surface area contributed by atoms with Crippen LogP contribution in [0.2, 0.25) is 5.02 Å². The number of halogens is 2. The summed E-state index contributed by atoms with van der Waals surface area (Å²) in [5, 5.41) is 0.231. The summed E-state index contributed by atoms with van der Waals surface area (Å²) in [5.74, 6) is -0.951. The van der Waals surface area contributed by atoms with Crippen LogP contribution in [0.25, 0.3) is 0 Å². The third-order valence-corrected chi connectivity index (χ3v) is 6.46. The minimum Gasteiger partial charge on any atom is -0.398 e. The van der Waals surface area contributed by atoms with Gasteiger partial charge in [0.2, 0.25) is 15.9 Å². The van der Waals surface area contributed by atoms with E-state index in [1.165, 1.54) is 16.4 Å². The minimum atomic E-state index is -3.77. The van der Waals surface area contributed by atoms with E-state index in [2.05, 4.69) is 15.9 Å². The number of nitrogens with zero attached hydrogens (tertiary/aromatic N) is 1. The van der Waals surface area contributed by atoms with Gasteiger partial charge in [-0.25, -0.2) is 8.42 Å². The summed E-state index contributed by atoms with van der Waals surface area (Å²) in [6.45, 7) is 0.325. The molecule has 1 aromatic carbocycles. The van der Waals surface area contributed by atoms with Gasteiger partial charge in [-0.2, -0.15) is 4.31 Å². The van der Waals surface area contributed by atoms with Crippen LogP contribution in [0.5, 0.6) is 0 Å². The van der Waals surface area contributed by atoms with E-state index < -0.39 is 21.8 Å². The van der Waals surface area contributed by atoms with Gasteiger partial charge in [0.1, 0.15) is 0 Å². The molecular weight excluding hydrogens is 370 g/mol. The van der Waals surface area contributed by atoms with Crippen LogP contribution in [0, 0.1) is 5.92 Å². The summed E-state index contributed by atoms with van der Waals surface area (Å²) < 4.78 is 26.6. The van der Waals surface area contributed by atoms with Crippen LogP contribution in [0.15, 0.2) is 21.5 Å². The van der Waals surface area contributed by atoms with E-state index in [9.17, 15) is 13.2 Å². The maximum atomic E-state index is 12.6. The van der Waals surface area contributed by atoms with Crippen LogP contribution in [-0.4, -0.2) is 31.7 Å². The van der Waals surface area contributed by atoms with Crippen molar-refractivity contribution < 1.29 is 13.2 Å². The van der Waals surface area contributed by atoms with Crippen molar-refractivity contribution in [1.29, 1.82) is 0 Å². The number of carbonyl (C=O) groups excluding carboxylic acids is 1. The van der Waals surface area contributed by atoms with Crippen molar-refractivity contribution in [2.75, 3.05) is 18.8 Å². The molecule has 0 bridgehead atoms. The first-order valence-corrected chi connectivity index (χ1v) is 8.38. The van der Waals surface area contributed by atoms with Crippen molar-refractivity contribution in [3.8, 4) is 0 Å². The van der Waals surface area contributed by atoms with Gasteiger partial charge in [-0.15, -0.1) is 0 Å². The molecule has 0 radical (unpaired) electrons. The smallest absolute Gasteiger partial charge is 0.244 e. The van der Waals surface area contributed by atoms with Gasteiger partial charge in [0, 0.05) is 23.8 Å². The molecule has 2 rings (SSSR count). The molecule has 1 fully saturated rings. The maximum absolute atomic E-state index is 12.6. The molecule has 0 aliphatic carbocycles. The van der Waals surface area contributed by atoms with Gasteiger partial charge in [0.05, 0.1) is 15.3 Å². The van der Waals surface area contributed by atoms with E-state index in [0.29, 0.717) is 6.42 Å². The Labute approximate surface area is 130 Å². The molecule has 1 aliphatic heterocycles. The summed E-state index contributed by atoms with van der Waals surface area (Å²) in [5.41, 5.74) is 11.2. The number of benzene rings is 1. The quantitative estimate of drug-likeness (QED) is 0.765. The van der Waals surface area contributed by atoms with Crippen LogP contribution in [0.3, 0.4) is 0 Å². The van der Waals surface area contributed by atoms with Crippen LogP contribution < -0.4 is 11.5 Å². The molecule has 1 amide bonds. The van der Waals surface area contributed by atoms with Crippen LogP contribution in [0.4, 0.5) is 5.69 Å². The fraction of sp³-hybridized carbons (Fsp3) is 0.364. The summed E-state index contributed by atoms with van der Waals surface area (Å²) >= 11 is 9.02. The fourth-order valence-electron chi connectivity index (χ4n) is 2.09. The van der Waals surface area contributed by atoms with E-state index >= 15 is 0 Å². The fourth-order valence-corrected chi connectivity index (χ4v) is 4.84. The highest BCUT2D eigenvalue weighted by atomic mass is 79.9. The predicted octanol–water partition coefficient (Wildman–Crippen LogP) is 1.18. The van der Waals surface area contributed by atoms with E-state index in [0.717, 1.165) is 0 Å². The van der Waals surface area contributed by atoms with E-state index in [1.807, 2.05) is 0 Å². The molecule has 1 atom stereocenters. The first kappa shape index (κ1) is 15.6. The Balaban J connectivity index is 2.40. The van der Waals surface area contributed by atoms with E-state index in [-0.39, 0.29) is 33.2 Å². The minimum absolute atomic E-state index is 0.00683. The van der Waals surface area contributed by atoms with Crippen molar-refractivity contribution >= 4 is 49.1 Å². The van der Waals surface area contributed by atoms with Crippen molar-refractivity contribution in [3.05, 3.63) is 21.6 Å². The summed E-state index contributed by atoms with van der Waals surface area (Å²) in [7, 11) is -3.77. The summed E-state index contributed by atoms with van der Waals surface area (Å²) in [6, 6.07) is 2.79. The Morgan fingerprint density at radius 3 is 2.65 bits per heavy atom. The number of rotatable bonds is 3. The molecule has 1 saturated heterocycles. The Kier molecular flexibility index (Phi) is 4.29. The van der Waals surface area contributed by atoms with Gasteiger partial charge in [0.15, 0.2) is 0 Å². The molecule has 110 valence electrons. The van der Waals surface area contributed by atoms with Crippen LogP contribution in [-0.2, 0) is 14.8 Å². The topological polar surface area (TPSA) is 106 Å². The number of carbonyl (C=O) groups is 1. The second-order valence-electron chi connectivity index (χ2n) is 4.56. The standard InChI is InChI=1S/C11H13BrClN3O3S/c12-10-8(14)3-7(13)4-9(10)20(18,19)16-2-1-6(5-16)11(15)17/h3-4,6H,1-2,5,14H2,(H2,15,17). The Morgan fingerprint density at radius 1 is 1.45 bits per heavy atom. The summed E-state index contributed by atoms with van der Waals surface area (Å²) in [6.07, 6.45) is 0.419. The molecule has 0 saturated carbocycles. The van der Waals surface area contributed by atoms with E-state index in [4.69, 9.17) is 23.1 Å². The molecule has 1 unspecified atom stereocenters. The highest BCUT2D eigenvalue weighted by molar-refractivity contribution is 9.10. The monoisotopic (exact) mass is 381 g/mol. The molecule has 9 heteroatoms. The van der Waals surface area contributed by atoms with Crippen LogP contribution in [0.1, 0.15) is 6.42 Å². The van der Waals surface area contributed by atoms with Crippen LogP contribution >= 0.6 is 27.5 Å². The van der Waals surface area contributed by atoms with Crippen molar-refractivity contribution in [3.63, 3.8) is 0 Å². The number of nitrogens with two attached hydrogens (primary N) is 2. The number of nitrogen functional groups attached to an aromatic ring is 1. The molecule has 1 heterocycles. The predicted molar refractivity (Wildman–Crippen MR) is 79.6 cm³/mol. The van der Waals surface area contributed by atoms with Crippen molar-refractivity contribution in [2.24, 2.45) is 11.7 Å². The molecule has 6 nitrogen and oxygen atoms in total. The summed E-state index contributed by atoms with van der Waals surface area (Å²) in [4.78, 5) is 11.1. The number of anilines is 1. The first-order chi connectivity index (χ1) is 9.23. The normalized spacial score (nSPS) is 20.2. The highest BCUT2D eigenvalue weighted by Gasteiger charge is 2.36. The number of primary amides is 1. The van der Waals surface area contributed by atoms with Gasteiger partial charge in [0.25, 0.3) is 0 Å². The third-order valence-electron chi connectivity index (χ3n) is 3.20. The Bertz CT molecular complexity index is 665. The second-order valence-corrected chi connectivity index (χ2v) is 7.69. The molecule has 1 aliphatic rings. The lowest BCUT2D eigenvalue weighted by atomic mass is 10.1. The first-order valence-electron chi connectivity index (χ1n) is 5.77. The SMILES string of the molecule is NC(=O)C1CCN(S(=O)(=O)c2cc(Cl)cc(N)c2Br)C1. The number of hydrogen-bond acceptors (Lipinski definition) is 4. The van der Waals surface area contributed by atoms with Gasteiger partial charge in [-0.3, -0.25) is 4.79 Å². The zero-order valence-electron chi connectivity index (χ0n) is 10.3. The second kappa shape index (κ2) is 5.51. The Hall–Kier alpha value is -0.830. The largest absolute Gasteiger partial charge is 0.398 e. The third kappa shape index (κ3) is 2.78. The molecule has 4 N–H and O–H groups in total. The average molecular weight is 383 g/mol. The number of sulfonamides is 1. The van der Waals surface area contributed by atoms with Crippen molar-refractivity contribution in [2.45, 2.75) is 11.3 Å². The number of hydrogen-bond donors (Lipinski definition) is 2.